The number of piperidine rings is 1. The Morgan fingerprint density at radius 1 is 0.824 bits per heavy atom. The normalized spacial score (nSPS) is 19.4. The fourth-order valence-electron chi connectivity index (χ4n) is 1.41. The third-order valence-corrected chi connectivity index (χ3v) is 2.25. The van der Waals surface area contributed by atoms with Gasteiger partial charge in [0.25, 0.3) is 6.04 Å². The van der Waals surface area contributed by atoms with Gasteiger partial charge in [-0.25, -0.2) is 0 Å². The molecule has 3 nitrogen and oxygen atoms in total. The van der Waals surface area contributed by atoms with Crippen LogP contribution in [0, 0.1) is 0 Å². The molecule has 1 rings (SSSR count). The molecular formula is C8H11F6N3. The van der Waals surface area contributed by atoms with Gasteiger partial charge in [0.2, 0.25) is 0 Å². The maximum absolute atomic E-state index is 12.1. The van der Waals surface area contributed by atoms with Gasteiger partial charge in [-0.3, -0.25) is 5.01 Å². The maximum Gasteiger partial charge on any atom is 0.421 e. The number of hydrogen-bond acceptors (Lipinski definition) is 2. The lowest BCUT2D eigenvalue weighted by Gasteiger charge is -2.24. The van der Waals surface area contributed by atoms with E-state index in [4.69, 9.17) is 0 Å². The molecule has 0 N–H and O–H groups in total. The molecular weight excluding hydrogens is 252 g/mol. The van der Waals surface area contributed by atoms with Crippen LogP contribution in [0.25, 0.3) is 0 Å². The largest absolute Gasteiger partial charge is 0.421 e. The Morgan fingerprint density at radius 2 is 1.29 bits per heavy atom. The van der Waals surface area contributed by atoms with E-state index in [1.807, 2.05) is 0 Å². The molecule has 17 heavy (non-hydrogen) atoms. The lowest BCUT2D eigenvalue weighted by atomic mass is 10.2. The summed E-state index contributed by atoms with van der Waals surface area (Å²) in [5.41, 5.74) is 0. The zero-order chi connectivity index (χ0) is 13.1. The van der Waals surface area contributed by atoms with Crippen LogP contribution in [0.4, 0.5) is 26.3 Å². The molecule has 0 unspecified atom stereocenters. The molecule has 0 saturated carbocycles. The zero-order valence-electron chi connectivity index (χ0n) is 8.72. The highest BCUT2D eigenvalue weighted by Crippen LogP contribution is 2.36. The van der Waals surface area contributed by atoms with E-state index < -0.39 is 18.4 Å². The minimum absolute atomic E-state index is 0.339. The summed E-state index contributed by atoms with van der Waals surface area (Å²) in [5, 5.41) is 6.56. The third kappa shape index (κ3) is 4.39. The van der Waals surface area contributed by atoms with E-state index in [0.29, 0.717) is 25.9 Å². The van der Waals surface area contributed by atoms with Gasteiger partial charge in [0.1, 0.15) is 0 Å². The summed E-state index contributed by atoms with van der Waals surface area (Å²) in [4.78, 5) is 0. The predicted octanol–water partition coefficient (Wildman–Crippen LogP) is 3.33. The monoisotopic (exact) mass is 263 g/mol. The molecule has 0 aromatic rings. The van der Waals surface area contributed by atoms with E-state index in [1.54, 1.807) is 0 Å². The summed E-state index contributed by atoms with van der Waals surface area (Å²) in [7, 11) is 0. The van der Waals surface area contributed by atoms with Crippen LogP contribution in [0.3, 0.4) is 0 Å². The first-order valence-electron chi connectivity index (χ1n) is 5.00. The van der Waals surface area contributed by atoms with Crippen molar-refractivity contribution in [2.45, 2.75) is 37.7 Å². The van der Waals surface area contributed by atoms with Crippen molar-refractivity contribution in [3.63, 3.8) is 0 Å². The van der Waals surface area contributed by atoms with Gasteiger partial charge in [0.15, 0.2) is 0 Å². The van der Waals surface area contributed by atoms with E-state index in [0.717, 1.165) is 11.4 Å². The van der Waals surface area contributed by atoms with Gasteiger partial charge < -0.3 is 0 Å². The summed E-state index contributed by atoms with van der Waals surface area (Å²) >= 11 is 0. The fraction of sp³-hybridized carbons (Fsp3) is 1.00. The van der Waals surface area contributed by atoms with Crippen molar-refractivity contribution < 1.29 is 26.3 Å². The summed E-state index contributed by atoms with van der Waals surface area (Å²) in [5.74, 6) is 0. The van der Waals surface area contributed by atoms with Crippen LogP contribution in [0.5, 0.6) is 0 Å². The quantitative estimate of drug-likeness (QED) is 0.554. The maximum atomic E-state index is 12.1. The Morgan fingerprint density at radius 3 is 1.71 bits per heavy atom. The molecule has 0 spiro atoms. The third-order valence-electron chi connectivity index (χ3n) is 2.25. The summed E-state index contributed by atoms with van der Waals surface area (Å²) in [6, 6.07) is -3.74. The smallest absolute Gasteiger partial charge is 0.279 e. The topological polar surface area (TPSA) is 28.0 Å². The Hall–Kier alpha value is -1.02. The Labute approximate surface area is 93.5 Å². The van der Waals surface area contributed by atoms with Gasteiger partial charge in [-0.05, 0) is 19.3 Å². The van der Waals surface area contributed by atoms with Crippen molar-refractivity contribution >= 4 is 0 Å². The van der Waals surface area contributed by atoms with Gasteiger partial charge in [0, 0.05) is 13.1 Å². The fourth-order valence-corrected chi connectivity index (χ4v) is 1.41. The molecule has 9 heteroatoms. The van der Waals surface area contributed by atoms with Crippen LogP contribution in [-0.4, -0.2) is 36.5 Å². The number of nitrogens with zero attached hydrogens (tertiary/aromatic N) is 3. The number of rotatable bonds is 2. The molecule has 0 aromatic heterocycles. The molecule has 0 atom stereocenters. The lowest BCUT2D eigenvalue weighted by Crippen LogP contribution is -2.40. The van der Waals surface area contributed by atoms with Gasteiger partial charge in [0.05, 0.1) is 0 Å². The summed E-state index contributed by atoms with van der Waals surface area (Å²) < 4.78 is 72.5. The van der Waals surface area contributed by atoms with Crippen molar-refractivity contribution in [1.29, 1.82) is 0 Å². The van der Waals surface area contributed by atoms with E-state index in [9.17, 15) is 26.3 Å². The van der Waals surface area contributed by atoms with Crippen molar-refractivity contribution in [2.24, 2.45) is 10.3 Å². The standard InChI is InChI=1S/C8H11F6N3/c9-7(10,11)6(8(12,13)14)15-16-17-4-2-1-3-5-17/h6H,1-5H2. The molecule has 0 radical (unpaired) electrons. The molecule has 1 aliphatic heterocycles. The van der Waals surface area contributed by atoms with Crippen LogP contribution in [0.2, 0.25) is 0 Å². The van der Waals surface area contributed by atoms with Crippen molar-refractivity contribution in [1.82, 2.24) is 5.01 Å². The molecule has 1 heterocycles. The highest BCUT2D eigenvalue weighted by molar-refractivity contribution is 4.81. The molecule has 0 bridgehead atoms. The second-order valence-corrected chi connectivity index (χ2v) is 3.70. The van der Waals surface area contributed by atoms with Crippen LogP contribution in [0.1, 0.15) is 19.3 Å². The van der Waals surface area contributed by atoms with Crippen LogP contribution in [-0.2, 0) is 0 Å². The Bertz CT molecular complexity index is 251. The second kappa shape index (κ2) is 5.09. The minimum Gasteiger partial charge on any atom is -0.279 e. The lowest BCUT2D eigenvalue weighted by molar-refractivity contribution is -0.250. The van der Waals surface area contributed by atoms with E-state index in [-0.39, 0.29) is 0 Å². The van der Waals surface area contributed by atoms with Crippen molar-refractivity contribution in [2.75, 3.05) is 13.1 Å². The van der Waals surface area contributed by atoms with Crippen LogP contribution < -0.4 is 0 Å². The second-order valence-electron chi connectivity index (χ2n) is 3.70. The molecule has 1 fully saturated rings. The van der Waals surface area contributed by atoms with Crippen molar-refractivity contribution in [3.8, 4) is 0 Å². The van der Waals surface area contributed by atoms with Gasteiger partial charge in [-0.15, -0.1) is 5.11 Å². The molecule has 1 aliphatic rings. The molecule has 0 amide bonds. The highest BCUT2D eigenvalue weighted by Gasteiger charge is 2.57. The van der Waals surface area contributed by atoms with Crippen LogP contribution in [0.15, 0.2) is 10.3 Å². The molecule has 0 aliphatic carbocycles. The van der Waals surface area contributed by atoms with Gasteiger partial charge in [-0.1, -0.05) is 5.22 Å². The number of hydrogen-bond donors (Lipinski definition) is 0. The van der Waals surface area contributed by atoms with Gasteiger partial charge >= 0.3 is 12.4 Å². The number of halogens is 6. The average Bonchev–Trinajstić information content (AvgIpc) is 2.15. The molecule has 0 aromatic carbocycles. The SMILES string of the molecule is FC(F)(F)C(N=NN1CCCCC1)C(F)(F)F. The summed E-state index contributed by atoms with van der Waals surface area (Å²) in [6.45, 7) is 0.678. The Balaban J connectivity index is 2.69. The van der Waals surface area contributed by atoms with Crippen LogP contribution >= 0.6 is 0 Å². The van der Waals surface area contributed by atoms with E-state index in [2.05, 4.69) is 10.3 Å². The average molecular weight is 263 g/mol. The summed E-state index contributed by atoms with van der Waals surface area (Å²) in [6.07, 6.45) is -8.63. The first kappa shape index (κ1) is 14.0. The molecule has 1 saturated heterocycles. The molecule has 100 valence electrons. The van der Waals surface area contributed by atoms with E-state index >= 15 is 0 Å². The zero-order valence-corrected chi connectivity index (χ0v) is 8.72. The Kier molecular flexibility index (Phi) is 4.21. The minimum atomic E-state index is -5.46. The van der Waals surface area contributed by atoms with E-state index in [1.165, 1.54) is 0 Å². The predicted molar refractivity (Wildman–Crippen MR) is 46.2 cm³/mol. The first-order valence-corrected chi connectivity index (χ1v) is 5.00. The highest BCUT2D eigenvalue weighted by atomic mass is 19.4. The first-order chi connectivity index (χ1) is 7.71. The number of alkyl halides is 6. The van der Waals surface area contributed by atoms with Gasteiger partial charge in [-0.2, -0.15) is 26.3 Å². The van der Waals surface area contributed by atoms with Crippen molar-refractivity contribution in [3.05, 3.63) is 0 Å².